The van der Waals surface area contributed by atoms with E-state index in [1.165, 1.54) is 5.56 Å². The number of nitrogens with zero attached hydrogens (tertiary/aromatic N) is 2. The van der Waals surface area contributed by atoms with Gasteiger partial charge in [0.2, 0.25) is 5.91 Å². The first kappa shape index (κ1) is 14.0. The summed E-state index contributed by atoms with van der Waals surface area (Å²) in [5, 5.41) is 4.33. The fraction of sp³-hybridized carbons (Fsp3) is 0.471. The second kappa shape index (κ2) is 5.89. The Morgan fingerprint density at radius 2 is 2.14 bits per heavy atom. The fourth-order valence-electron chi connectivity index (χ4n) is 3.29. The molecule has 3 heterocycles. The van der Waals surface area contributed by atoms with Crippen LogP contribution in [0.5, 0.6) is 0 Å². The van der Waals surface area contributed by atoms with Gasteiger partial charge in [-0.1, -0.05) is 0 Å². The number of furan rings is 1. The lowest BCUT2D eigenvalue weighted by Crippen LogP contribution is -2.48. The Morgan fingerprint density at radius 3 is 2.82 bits per heavy atom. The number of piperazine rings is 1. The molecule has 2 aromatic rings. The van der Waals surface area contributed by atoms with Crippen LogP contribution in [-0.2, 0) is 11.3 Å². The van der Waals surface area contributed by atoms with Crippen LogP contribution in [0.25, 0.3) is 0 Å². The van der Waals surface area contributed by atoms with Gasteiger partial charge in [0.25, 0.3) is 0 Å². The summed E-state index contributed by atoms with van der Waals surface area (Å²) < 4.78 is 5.42. The predicted octanol–water partition coefficient (Wildman–Crippen LogP) is 2.79. The normalized spacial score (nSPS) is 25.4. The van der Waals surface area contributed by atoms with Crippen molar-refractivity contribution in [3.63, 3.8) is 0 Å². The Hall–Kier alpha value is -1.59. The average Bonchev–Trinajstić information content (AvgIpc) is 2.94. The molecule has 0 aromatic carbocycles. The minimum absolute atomic E-state index is 0.148. The summed E-state index contributed by atoms with van der Waals surface area (Å²) in [5.41, 5.74) is 1.38. The molecule has 0 N–H and O–H groups in total. The van der Waals surface area contributed by atoms with Gasteiger partial charge < -0.3 is 9.32 Å². The summed E-state index contributed by atoms with van der Waals surface area (Å²) >= 11 is 1.74. The van der Waals surface area contributed by atoms with Crippen molar-refractivity contribution in [1.29, 1.82) is 0 Å². The van der Waals surface area contributed by atoms with Crippen molar-refractivity contribution in [2.45, 2.75) is 18.9 Å². The molecule has 2 atom stereocenters. The molecular weight excluding hydrogens is 296 g/mol. The number of amides is 1. The van der Waals surface area contributed by atoms with Gasteiger partial charge in [-0.2, -0.15) is 11.3 Å². The van der Waals surface area contributed by atoms with Gasteiger partial charge in [0.15, 0.2) is 0 Å². The first-order valence-corrected chi connectivity index (χ1v) is 8.81. The molecule has 1 saturated heterocycles. The zero-order valence-corrected chi connectivity index (χ0v) is 13.3. The van der Waals surface area contributed by atoms with Gasteiger partial charge in [-0.05, 0) is 40.9 Å². The van der Waals surface area contributed by atoms with Gasteiger partial charge in [-0.25, -0.2) is 0 Å². The quantitative estimate of drug-likeness (QED) is 0.870. The zero-order chi connectivity index (χ0) is 14.9. The van der Waals surface area contributed by atoms with Crippen LogP contribution in [-0.4, -0.2) is 41.9 Å². The van der Waals surface area contributed by atoms with E-state index in [-0.39, 0.29) is 5.92 Å². The molecule has 0 radical (unpaired) electrons. The summed E-state index contributed by atoms with van der Waals surface area (Å²) in [6, 6.07) is 6.06. The maximum atomic E-state index is 12.6. The van der Waals surface area contributed by atoms with Gasteiger partial charge >= 0.3 is 0 Å². The van der Waals surface area contributed by atoms with Crippen molar-refractivity contribution in [3.8, 4) is 0 Å². The molecule has 1 saturated carbocycles. The van der Waals surface area contributed by atoms with Crippen molar-refractivity contribution in [2.24, 2.45) is 5.92 Å². The van der Waals surface area contributed by atoms with Gasteiger partial charge in [0.05, 0.1) is 6.26 Å². The molecule has 116 valence electrons. The molecule has 4 rings (SSSR count). The highest BCUT2D eigenvalue weighted by atomic mass is 32.1. The Labute approximate surface area is 134 Å². The number of rotatable bonds is 4. The molecule has 2 fully saturated rings. The van der Waals surface area contributed by atoms with E-state index in [0.29, 0.717) is 11.8 Å². The van der Waals surface area contributed by atoms with E-state index < -0.39 is 0 Å². The van der Waals surface area contributed by atoms with Crippen LogP contribution in [0.1, 0.15) is 23.7 Å². The van der Waals surface area contributed by atoms with E-state index >= 15 is 0 Å². The van der Waals surface area contributed by atoms with E-state index in [0.717, 1.165) is 44.9 Å². The molecule has 0 spiro atoms. The maximum Gasteiger partial charge on any atom is 0.226 e. The van der Waals surface area contributed by atoms with Gasteiger partial charge in [0.1, 0.15) is 5.76 Å². The van der Waals surface area contributed by atoms with Gasteiger partial charge in [-0.3, -0.25) is 9.69 Å². The summed E-state index contributed by atoms with van der Waals surface area (Å²) in [7, 11) is 0. The topological polar surface area (TPSA) is 36.7 Å². The second-order valence-corrected chi connectivity index (χ2v) is 6.98. The molecule has 2 aromatic heterocycles. The third-order valence-electron chi connectivity index (χ3n) is 4.69. The van der Waals surface area contributed by atoms with Crippen molar-refractivity contribution in [1.82, 2.24) is 9.80 Å². The van der Waals surface area contributed by atoms with Gasteiger partial charge in [0, 0.05) is 44.6 Å². The van der Waals surface area contributed by atoms with Crippen LogP contribution in [0.2, 0.25) is 0 Å². The highest BCUT2D eigenvalue weighted by Crippen LogP contribution is 2.48. The Kier molecular flexibility index (Phi) is 3.76. The smallest absolute Gasteiger partial charge is 0.226 e. The molecule has 22 heavy (non-hydrogen) atoms. The molecule has 0 bridgehead atoms. The highest BCUT2D eigenvalue weighted by molar-refractivity contribution is 7.07. The SMILES string of the molecule is O=C([C@@H]1C[C@@H]1c1ccco1)N1CCN(Cc2ccsc2)CC1. The third kappa shape index (κ3) is 2.83. The Balaban J connectivity index is 1.28. The molecule has 1 aliphatic heterocycles. The third-order valence-corrected chi connectivity index (χ3v) is 5.42. The first-order valence-electron chi connectivity index (χ1n) is 7.87. The average molecular weight is 316 g/mol. The summed E-state index contributed by atoms with van der Waals surface area (Å²) in [5.74, 6) is 1.74. The summed E-state index contributed by atoms with van der Waals surface area (Å²) in [6.07, 6.45) is 2.64. The highest BCUT2D eigenvalue weighted by Gasteiger charge is 2.47. The lowest BCUT2D eigenvalue weighted by molar-refractivity contribution is -0.134. The maximum absolute atomic E-state index is 12.6. The number of hydrogen-bond donors (Lipinski definition) is 0. The number of thiophene rings is 1. The first-order chi connectivity index (χ1) is 10.8. The second-order valence-electron chi connectivity index (χ2n) is 6.20. The van der Waals surface area contributed by atoms with Crippen LogP contribution >= 0.6 is 11.3 Å². The van der Waals surface area contributed by atoms with Crippen LogP contribution in [0, 0.1) is 5.92 Å². The monoisotopic (exact) mass is 316 g/mol. The minimum Gasteiger partial charge on any atom is -0.469 e. The molecule has 5 heteroatoms. The Morgan fingerprint density at radius 1 is 1.27 bits per heavy atom. The predicted molar refractivity (Wildman–Crippen MR) is 85.7 cm³/mol. The van der Waals surface area contributed by atoms with Gasteiger partial charge in [-0.15, -0.1) is 0 Å². The number of carbonyl (C=O) groups is 1. The van der Waals surface area contributed by atoms with E-state index in [9.17, 15) is 4.79 Å². The lowest BCUT2D eigenvalue weighted by atomic mass is 10.2. The largest absolute Gasteiger partial charge is 0.469 e. The number of hydrogen-bond acceptors (Lipinski definition) is 4. The standard InChI is InChI=1S/C17H20N2O2S/c20-17(15-10-14(15)16-2-1-8-21-16)19-6-4-18(5-7-19)11-13-3-9-22-12-13/h1-3,8-9,12,14-15H,4-7,10-11H2/t14-,15+/m0/s1. The van der Waals surface area contributed by atoms with E-state index in [1.807, 2.05) is 17.0 Å². The molecule has 4 nitrogen and oxygen atoms in total. The minimum atomic E-state index is 0.148. The van der Waals surface area contributed by atoms with Crippen molar-refractivity contribution in [3.05, 3.63) is 46.5 Å². The van der Waals surface area contributed by atoms with Crippen LogP contribution in [0.3, 0.4) is 0 Å². The van der Waals surface area contributed by atoms with E-state index in [4.69, 9.17) is 4.42 Å². The van der Waals surface area contributed by atoms with Crippen molar-refractivity contribution >= 4 is 17.2 Å². The van der Waals surface area contributed by atoms with Crippen molar-refractivity contribution in [2.75, 3.05) is 26.2 Å². The Bertz CT molecular complexity index is 615. The zero-order valence-electron chi connectivity index (χ0n) is 12.5. The van der Waals surface area contributed by atoms with E-state index in [2.05, 4.69) is 21.7 Å². The molecular formula is C17H20N2O2S. The van der Waals surface area contributed by atoms with Crippen LogP contribution in [0.4, 0.5) is 0 Å². The summed E-state index contributed by atoms with van der Waals surface area (Å²) in [4.78, 5) is 17.0. The van der Waals surface area contributed by atoms with Crippen LogP contribution < -0.4 is 0 Å². The van der Waals surface area contributed by atoms with Crippen molar-refractivity contribution < 1.29 is 9.21 Å². The lowest BCUT2D eigenvalue weighted by Gasteiger charge is -2.34. The molecule has 0 unspecified atom stereocenters. The van der Waals surface area contributed by atoms with Crippen LogP contribution in [0.15, 0.2) is 39.6 Å². The molecule has 1 amide bonds. The summed E-state index contributed by atoms with van der Waals surface area (Å²) in [6.45, 7) is 4.65. The fourth-order valence-corrected chi connectivity index (χ4v) is 3.95. The van der Waals surface area contributed by atoms with E-state index in [1.54, 1.807) is 17.6 Å². The number of carbonyl (C=O) groups excluding carboxylic acids is 1. The molecule has 2 aliphatic rings. The molecule has 1 aliphatic carbocycles.